The van der Waals surface area contributed by atoms with Gasteiger partial charge in [-0.05, 0) is 43.2 Å². The summed E-state index contributed by atoms with van der Waals surface area (Å²) in [4.78, 5) is 16.8. The lowest BCUT2D eigenvalue weighted by Gasteiger charge is -2.33. The molecule has 1 aromatic heterocycles. The smallest absolute Gasteiger partial charge is 0.240 e. The Morgan fingerprint density at radius 3 is 2.45 bits per heavy atom. The minimum Gasteiger partial charge on any atom is -0.489 e. The second-order valence-electron chi connectivity index (χ2n) is 8.10. The van der Waals surface area contributed by atoms with E-state index in [1.54, 1.807) is 0 Å². The molecule has 33 heavy (non-hydrogen) atoms. The normalized spacial score (nSPS) is 19.7. The van der Waals surface area contributed by atoms with Crippen LogP contribution in [0.5, 0.6) is 5.75 Å². The van der Waals surface area contributed by atoms with Crippen molar-refractivity contribution < 1.29 is 31.1 Å². The molecule has 1 N–H and O–H groups in total. The number of hydrogen-bond acceptors (Lipinski definition) is 8. The number of ether oxygens (including phenoxy) is 2. The van der Waals surface area contributed by atoms with Gasteiger partial charge in [0.2, 0.25) is 10.0 Å². The summed E-state index contributed by atoms with van der Waals surface area (Å²) in [5.74, 6) is 0.458. The summed E-state index contributed by atoms with van der Waals surface area (Å²) in [6, 6.07) is 7.14. The van der Waals surface area contributed by atoms with Gasteiger partial charge in [-0.1, -0.05) is 6.92 Å². The topological polar surface area (TPSA) is 129 Å². The number of fused-ring (bicyclic) bond motifs is 1. The Morgan fingerprint density at radius 1 is 1.06 bits per heavy atom. The first-order chi connectivity index (χ1) is 15.7. The van der Waals surface area contributed by atoms with Gasteiger partial charge in [-0.25, -0.2) is 21.6 Å². The Kier molecular flexibility index (Phi) is 6.85. The molecule has 0 bridgehead atoms. The number of benzene rings is 1. The average Bonchev–Trinajstić information content (AvgIpc) is 2.83. The van der Waals surface area contributed by atoms with E-state index in [0.717, 1.165) is 12.8 Å². The SMILES string of the molecule is CCS(=O)(=O)c1ccc(CNS(=O)(=O)c2ccc3c(c2)C(=O)CC(C2CCOCC2)O3)nc1. The van der Waals surface area contributed by atoms with Crippen molar-refractivity contribution in [1.29, 1.82) is 0 Å². The zero-order valence-electron chi connectivity index (χ0n) is 18.2. The van der Waals surface area contributed by atoms with Crippen LogP contribution in [0.25, 0.3) is 0 Å². The molecule has 9 nitrogen and oxygen atoms in total. The van der Waals surface area contributed by atoms with Crippen LogP contribution in [0, 0.1) is 5.92 Å². The Bertz CT molecular complexity index is 1240. The molecule has 2 aromatic rings. The Balaban J connectivity index is 1.46. The van der Waals surface area contributed by atoms with Crippen LogP contribution in [-0.2, 0) is 31.1 Å². The molecule has 1 unspecified atom stereocenters. The highest BCUT2D eigenvalue weighted by atomic mass is 32.2. The van der Waals surface area contributed by atoms with Gasteiger partial charge in [0.05, 0.1) is 33.3 Å². The first-order valence-corrected chi connectivity index (χ1v) is 13.9. The molecule has 0 radical (unpaired) electrons. The van der Waals surface area contributed by atoms with Gasteiger partial charge in [-0.15, -0.1) is 0 Å². The molecule has 3 heterocycles. The first kappa shape index (κ1) is 23.8. The summed E-state index contributed by atoms with van der Waals surface area (Å²) in [5.41, 5.74) is 0.624. The molecule has 11 heteroatoms. The van der Waals surface area contributed by atoms with Crippen LogP contribution in [0.3, 0.4) is 0 Å². The summed E-state index contributed by atoms with van der Waals surface area (Å²) < 4.78 is 63.2. The molecule has 0 saturated carbocycles. The van der Waals surface area contributed by atoms with Crippen LogP contribution in [-0.4, -0.2) is 52.7 Å². The van der Waals surface area contributed by atoms with Gasteiger partial charge in [0.25, 0.3) is 0 Å². The van der Waals surface area contributed by atoms with Crippen molar-refractivity contribution >= 4 is 25.6 Å². The molecule has 2 aliphatic rings. The highest BCUT2D eigenvalue weighted by molar-refractivity contribution is 7.91. The zero-order chi connectivity index (χ0) is 23.6. The zero-order valence-corrected chi connectivity index (χ0v) is 19.8. The van der Waals surface area contributed by atoms with E-state index in [9.17, 15) is 21.6 Å². The van der Waals surface area contributed by atoms with E-state index >= 15 is 0 Å². The molecule has 1 fully saturated rings. The molecule has 0 aliphatic carbocycles. The van der Waals surface area contributed by atoms with Crippen LogP contribution >= 0.6 is 0 Å². The number of sulfone groups is 1. The molecule has 178 valence electrons. The number of rotatable bonds is 7. The summed E-state index contributed by atoms with van der Waals surface area (Å²) in [6.07, 6.45) is 2.88. The van der Waals surface area contributed by atoms with Crippen LogP contribution < -0.4 is 9.46 Å². The molecule has 2 aliphatic heterocycles. The average molecular weight is 495 g/mol. The van der Waals surface area contributed by atoms with E-state index in [-0.39, 0.29) is 51.9 Å². The maximum Gasteiger partial charge on any atom is 0.240 e. The standard InChI is InChI=1S/C22H26N2O7S2/c1-2-32(26,27)18-4-3-16(23-14-18)13-24-33(28,29)17-5-6-21-19(11-17)20(25)12-22(31-21)15-7-9-30-10-8-15/h3-6,11,14-15,22,24H,2,7-10,12-13H2,1H3. The van der Waals surface area contributed by atoms with Crippen molar-refractivity contribution in [1.82, 2.24) is 9.71 Å². The fourth-order valence-corrected chi connectivity index (χ4v) is 5.81. The first-order valence-electron chi connectivity index (χ1n) is 10.8. The number of carbonyl (C=O) groups is 1. The molecule has 0 spiro atoms. The number of ketones is 1. The number of pyridine rings is 1. The van der Waals surface area contributed by atoms with Crippen LogP contribution in [0.1, 0.15) is 42.2 Å². The fraction of sp³-hybridized carbons (Fsp3) is 0.455. The van der Waals surface area contributed by atoms with E-state index in [2.05, 4.69) is 9.71 Å². The molecule has 0 amide bonds. The van der Waals surface area contributed by atoms with Gasteiger partial charge >= 0.3 is 0 Å². The fourth-order valence-electron chi connectivity index (χ4n) is 3.96. The second kappa shape index (κ2) is 9.49. The molecule has 1 atom stereocenters. The van der Waals surface area contributed by atoms with E-state index in [4.69, 9.17) is 9.47 Å². The van der Waals surface area contributed by atoms with Crippen molar-refractivity contribution in [2.45, 2.75) is 48.6 Å². The lowest BCUT2D eigenvalue weighted by Crippen LogP contribution is -2.37. The number of carbonyl (C=O) groups excluding carboxylic acids is 1. The summed E-state index contributed by atoms with van der Waals surface area (Å²) in [5, 5.41) is 0. The third kappa shape index (κ3) is 5.26. The Labute approximate surface area is 193 Å². The summed E-state index contributed by atoms with van der Waals surface area (Å²) in [7, 11) is -7.30. The van der Waals surface area contributed by atoms with Crippen molar-refractivity contribution in [3.8, 4) is 5.75 Å². The van der Waals surface area contributed by atoms with Gasteiger partial charge in [0.15, 0.2) is 15.6 Å². The molecule has 1 saturated heterocycles. The third-order valence-corrected chi connectivity index (χ3v) is 9.12. The predicted molar refractivity (Wildman–Crippen MR) is 119 cm³/mol. The number of sulfonamides is 1. The molecule has 1 aromatic carbocycles. The van der Waals surface area contributed by atoms with Crippen molar-refractivity contribution in [3.63, 3.8) is 0 Å². The Hall–Kier alpha value is -2.34. The quantitative estimate of drug-likeness (QED) is 0.620. The molecule has 4 rings (SSSR count). The van der Waals surface area contributed by atoms with E-state index in [0.29, 0.717) is 24.7 Å². The van der Waals surface area contributed by atoms with Crippen LogP contribution in [0.4, 0.5) is 0 Å². The lowest BCUT2D eigenvalue weighted by atomic mass is 9.87. The minimum absolute atomic E-state index is 0.0444. The predicted octanol–water partition coefficient (Wildman–Crippen LogP) is 2.11. The highest BCUT2D eigenvalue weighted by Gasteiger charge is 2.34. The number of hydrogen-bond donors (Lipinski definition) is 1. The van der Waals surface area contributed by atoms with Crippen molar-refractivity contribution in [2.75, 3.05) is 19.0 Å². The maximum atomic E-state index is 12.8. The van der Waals surface area contributed by atoms with Gasteiger partial charge in [-0.2, -0.15) is 0 Å². The summed E-state index contributed by atoms with van der Waals surface area (Å²) in [6.45, 7) is 2.72. The highest BCUT2D eigenvalue weighted by Crippen LogP contribution is 2.34. The second-order valence-corrected chi connectivity index (χ2v) is 12.1. The number of Topliss-reactive ketones (excluding diaryl/α,β-unsaturated/α-hetero) is 1. The van der Waals surface area contributed by atoms with Gasteiger partial charge in [0.1, 0.15) is 11.9 Å². The number of aromatic nitrogens is 1. The number of nitrogens with one attached hydrogen (secondary N) is 1. The third-order valence-electron chi connectivity index (χ3n) is 6.00. The van der Waals surface area contributed by atoms with Crippen molar-refractivity contribution in [2.24, 2.45) is 5.92 Å². The van der Waals surface area contributed by atoms with Crippen LogP contribution in [0.15, 0.2) is 46.3 Å². The minimum atomic E-state index is -3.93. The largest absolute Gasteiger partial charge is 0.489 e. The molecular weight excluding hydrogens is 468 g/mol. The van der Waals surface area contributed by atoms with Gasteiger partial charge < -0.3 is 9.47 Å². The van der Waals surface area contributed by atoms with Crippen molar-refractivity contribution in [3.05, 3.63) is 47.8 Å². The van der Waals surface area contributed by atoms with Gasteiger partial charge in [-0.3, -0.25) is 9.78 Å². The maximum absolute atomic E-state index is 12.8. The lowest BCUT2D eigenvalue weighted by molar-refractivity contribution is 0.0119. The Morgan fingerprint density at radius 2 is 1.79 bits per heavy atom. The summed E-state index contributed by atoms with van der Waals surface area (Å²) >= 11 is 0. The number of nitrogens with zero attached hydrogens (tertiary/aromatic N) is 1. The van der Waals surface area contributed by atoms with Crippen LogP contribution in [0.2, 0.25) is 0 Å². The van der Waals surface area contributed by atoms with E-state index in [1.807, 2.05) is 0 Å². The van der Waals surface area contributed by atoms with Gasteiger partial charge in [0, 0.05) is 31.7 Å². The van der Waals surface area contributed by atoms with E-state index < -0.39 is 19.9 Å². The molecular formula is C22H26N2O7S2. The monoisotopic (exact) mass is 494 g/mol. The van der Waals surface area contributed by atoms with E-state index in [1.165, 1.54) is 43.5 Å².